The standard InChI is InChI=1S/C16H24N2O3/c1-11-9-12(10-17-14(11)19)13-7-5-6-8-18(13)15(20)21-16(2,3)4/h9-10,13H,5-8H2,1-4H3,(H,17,19). The molecule has 1 saturated heterocycles. The quantitative estimate of drug-likeness (QED) is 0.865. The Morgan fingerprint density at radius 2 is 2.10 bits per heavy atom. The lowest BCUT2D eigenvalue weighted by molar-refractivity contribution is 0.00947. The van der Waals surface area contributed by atoms with Crippen molar-refractivity contribution in [3.63, 3.8) is 0 Å². The number of piperidine rings is 1. The van der Waals surface area contributed by atoms with Gasteiger partial charge in [-0.1, -0.05) is 0 Å². The Balaban J connectivity index is 2.24. The number of nitrogens with one attached hydrogen (secondary N) is 1. The van der Waals surface area contributed by atoms with Crippen LogP contribution in [0.3, 0.4) is 0 Å². The number of likely N-dealkylation sites (tertiary alicyclic amines) is 1. The van der Waals surface area contributed by atoms with E-state index in [0.29, 0.717) is 12.1 Å². The Kier molecular flexibility index (Phi) is 4.40. The summed E-state index contributed by atoms with van der Waals surface area (Å²) in [6.45, 7) is 8.08. The third-order valence-electron chi connectivity index (χ3n) is 3.63. The van der Waals surface area contributed by atoms with Gasteiger partial charge in [0, 0.05) is 18.3 Å². The van der Waals surface area contributed by atoms with Gasteiger partial charge in [0.15, 0.2) is 0 Å². The van der Waals surface area contributed by atoms with Gasteiger partial charge in [0.05, 0.1) is 6.04 Å². The number of hydrogen-bond acceptors (Lipinski definition) is 3. The lowest BCUT2D eigenvalue weighted by atomic mass is 9.96. The monoisotopic (exact) mass is 292 g/mol. The maximum Gasteiger partial charge on any atom is 0.410 e. The molecule has 1 N–H and O–H groups in total. The van der Waals surface area contributed by atoms with Crippen LogP contribution >= 0.6 is 0 Å². The summed E-state index contributed by atoms with van der Waals surface area (Å²) in [5.74, 6) is 0. The number of pyridine rings is 1. The lowest BCUT2D eigenvalue weighted by Crippen LogP contribution is -2.42. The van der Waals surface area contributed by atoms with Gasteiger partial charge in [-0.25, -0.2) is 4.79 Å². The molecule has 5 nitrogen and oxygen atoms in total. The maximum atomic E-state index is 12.4. The predicted molar refractivity (Wildman–Crippen MR) is 81.3 cm³/mol. The Hall–Kier alpha value is -1.78. The van der Waals surface area contributed by atoms with Crippen molar-refractivity contribution >= 4 is 6.09 Å². The number of aryl methyl sites for hydroxylation is 1. The summed E-state index contributed by atoms with van der Waals surface area (Å²) in [5.41, 5.74) is 1.05. The molecule has 1 fully saturated rings. The predicted octanol–water partition coefficient (Wildman–Crippen LogP) is 3.15. The minimum absolute atomic E-state index is 0.0239. The van der Waals surface area contributed by atoms with Gasteiger partial charge >= 0.3 is 6.09 Å². The number of ether oxygens (including phenoxy) is 1. The highest BCUT2D eigenvalue weighted by atomic mass is 16.6. The molecule has 0 aromatic carbocycles. The minimum atomic E-state index is -0.500. The van der Waals surface area contributed by atoms with Crippen LogP contribution < -0.4 is 5.56 Å². The van der Waals surface area contributed by atoms with Crippen molar-refractivity contribution in [1.29, 1.82) is 0 Å². The van der Waals surface area contributed by atoms with E-state index in [1.165, 1.54) is 0 Å². The molecule has 0 aliphatic carbocycles. The molecule has 1 amide bonds. The second-order valence-electron chi connectivity index (χ2n) is 6.63. The van der Waals surface area contributed by atoms with E-state index in [4.69, 9.17) is 4.74 Å². The highest BCUT2D eigenvalue weighted by molar-refractivity contribution is 5.69. The third kappa shape index (κ3) is 3.86. The summed E-state index contributed by atoms with van der Waals surface area (Å²) in [5, 5.41) is 0. The number of H-pyrrole nitrogens is 1. The molecule has 0 saturated carbocycles. The third-order valence-corrected chi connectivity index (χ3v) is 3.63. The van der Waals surface area contributed by atoms with Gasteiger partial charge in [0.25, 0.3) is 5.56 Å². The largest absolute Gasteiger partial charge is 0.444 e. The van der Waals surface area contributed by atoms with Crippen LogP contribution in [0.5, 0.6) is 0 Å². The first-order valence-electron chi connectivity index (χ1n) is 7.47. The van der Waals surface area contributed by atoms with E-state index >= 15 is 0 Å². The second-order valence-corrected chi connectivity index (χ2v) is 6.63. The van der Waals surface area contributed by atoms with Gasteiger partial charge in [0.2, 0.25) is 0 Å². The van der Waals surface area contributed by atoms with E-state index in [1.807, 2.05) is 26.8 Å². The van der Waals surface area contributed by atoms with Crippen molar-refractivity contribution in [2.24, 2.45) is 0 Å². The normalized spacial score (nSPS) is 19.4. The number of rotatable bonds is 1. The number of carbonyl (C=O) groups is 1. The molecule has 0 radical (unpaired) electrons. The minimum Gasteiger partial charge on any atom is -0.444 e. The molecule has 1 aliphatic rings. The van der Waals surface area contributed by atoms with Gasteiger partial charge in [-0.05, 0) is 58.6 Å². The van der Waals surface area contributed by atoms with Crippen LogP contribution in [-0.4, -0.2) is 28.1 Å². The maximum absolute atomic E-state index is 12.4. The summed E-state index contributed by atoms with van der Waals surface area (Å²) in [4.78, 5) is 28.4. The van der Waals surface area contributed by atoms with E-state index < -0.39 is 5.60 Å². The fourth-order valence-corrected chi connectivity index (χ4v) is 2.63. The van der Waals surface area contributed by atoms with E-state index in [2.05, 4.69) is 4.98 Å². The van der Waals surface area contributed by atoms with Gasteiger partial charge in [-0.15, -0.1) is 0 Å². The number of amides is 1. The van der Waals surface area contributed by atoms with Crippen LogP contribution in [0.15, 0.2) is 17.1 Å². The van der Waals surface area contributed by atoms with Crippen molar-refractivity contribution < 1.29 is 9.53 Å². The van der Waals surface area contributed by atoms with Gasteiger partial charge in [-0.3, -0.25) is 4.79 Å². The van der Waals surface area contributed by atoms with Crippen LogP contribution in [0.25, 0.3) is 0 Å². The van der Waals surface area contributed by atoms with Gasteiger partial charge in [0.1, 0.15) is 5.60 Å². The average molecular weight is 292 g/mol. The Labute approximate surface area is 125 Å². The van der Waals surface area contributed by atoms with Gasteiger partial charge < -0.3 is 14.6 Å². The van der Waals surface area contributed by atoms with Crippen molar-refractivity contribution in [2.45, 2.75) is 58.6 Å². The Morgan fingerprint density at radius 3 is 2.71 bits per heavy atom. The zero-order valence-electron chi connectivity index (χ0n) is 13.2. The molecular weight excluding hydrogens is 268 g/mol. The Bertz CT molecular complexity index is 572. The highest BCUT2D eigenvalue weighted by Gasteiger charge is 2.31. The lowest BCUT2D eigenvalue weighted by Gasteiger charge is -2.37. The van der Waals surface area contributed by atoms with E-state index in [0.717, 1.165) is 24.8 Å². The van der Waals surface area contributed by atoms with E-state index in [9.17, 15) is 9.59 Å². The van der Waals surface area contributed by atoms with Crippen molar-refractivity contribution in [3.8, 4) is 0 Å². The van der Waals surface area contributed by atoms with Crippen LogP contribution in [0.4, 0.5) is 4.79 Å². The summed E-state index contributed by atoms with van der Waals surface area (Å²) in [7, 11) is 0. The first-order chi connectivity index (χ1) is 9.78. The van der Waals surface area contributed by atoms with E-state index in [-0.39, 0.29) is 17.7 Å². The zero-order chi connectivity index (χ0) is 15.6. The van der Waals surface area contributed by atoms with E-state index in [1.54, 1.807) is 18.0 Å². The van der Waals surface area contributed by atoms with Crippen LogP contribution in [0.1, 0.15) is 57.2 Å². The molecule has 1 aliphatic heterocycles. The fourth-order valence-electron chi connectivity index (χ4n) is 2.63. The van der Waals surface area contributed by atoms with Gasteiger partial charge in [-0.2, -0.15) is 0 Å². The highest BCUT2D eigenvalue weighted by Crippen LogP contribution is 2.31. The van der Waals surface area contributed by atoms with Crippen LogP contribution in [0.2, 0.25) is 0 Å². The summed E-state index contributed by atoms with van der Waals surface area (Å²) < 4.78 is 5.50. The topological polar surface area (TPSA) is 62.4 Å². The SMILES string of the molecule is Cc1cc(C2CCCCN2C(=O)OC(C)(C)C)c[nH]c1=O. The summed E-state index contributed by atoms with van der Waals surface area (Å²) in [6.07, 6.45) is 4.38. The number of hydrogen-bond donors (Lipinski definition) is 1. The first-order valence-corrected chi connectivity index (χ1v) is 7.47. The number of nitrogens with zero attached hydrogens (tertiary/aromatic N) is 1. The molecule has 1 aromatic heterocycles. The molecule has 1 atom stereocenters. The molecule has 0 bridgehead atoms. The number of carbonyl (C=O) groups excluding carboxylic acids is 1. The second kappa shape index (κ2) is 5.92. The number of aromatic amines is 1. The molecule has 2 heterocycles. The first kappa shape index (κ1) is 15.6. The van der Waals surface area contributed by atoms with Crippen molar-refractivity contribution in [2.75, 3.05) is 6.54 Å². The molecule has 1 unspecified atom stereocenters. The summed E-state index contributed by atoms with van der Waals surface area (Å²) >= 11 is 0. The Morgan fingerprint density at radius 1 is 1.38 bits per heavy atom. The van der Waals surface area contributed by atoms with Crippen molar-refractivity contribution in [1.82, 2.24) is 9.88 Å². The molecule has 2 rings (SSSR count). The number of aromatic nitrogens is 1. The fraction of sp³-hybridized carbons (Fsp3) is 0.625. The van der Waals surface area contributed by atoms with Crippen LogP contribution in [-0.2, 0) is 4.74 Å². The molecular formula is C16H24N2O3. The average Bonchev–Trinajstić information content (AvgIpc) is 2.40. The molecule has 1 aromatic rings. The zero-order valence-corrected chi connectivity index (χ0v) is 13.2. The molecule has 5 heteroatoms. The smallest absolute Gasteiger partial charge is 0.410 e. The van der Waals surface area contributed by atoms with Crippen molar-refractivity contribution in [3.05, 3.63) is 33.7 Å². The molecule has 0 spiro atoms. The van der Waals surface area contributed by atoms with Crippen LogP contribution in [0, 0.1) is 6.92 Å². The summed E-state index contributed by atoms with van der Waals surface area (Å²) in [6, 6.07) is 1.84. The molecule has 116 valence electrons. The molecule has 21 heavy (non-hydrogen) atoms.